The van der Waals surface area contributed by atoms with Crippen molar-refractivity contribution in [3.05, 3.63) is 23.9 Å². The Morgan fingerprint density at radius 3 is 2.81 bits per heavy atom. The van der Waals surface area contributed by atoms with E-state index in [1.54, 1.807) is 6.07 Å². The number of rotatable bonds is 5. The van der Waals surface area contributed by atoms with Crippen molar-refractivity contribution < 1.29 is 13.2 Å². The van der Waals surface area contributed by atoms with Crippen molar-refractivity contribution in [3.8, 4) is 0 Å². The highest BCUT2D eigenvalue weighted by Gasteiger charge is 2.32. The van der Waals surface area contributed by atoms with E-state index in [9.17, 15) is 13.2 Å². The second-order valence-corrected chi connectivity index (χ2v) is 5.97. The first-order valence-corrected chi connectivity index (χ1v) is 7.38. The van der Waals surface area contributed by atoms with Crippen LogP contribution in [0.25, 0.3) is 0 Å². The molecule has 0 saturated carbocycles. The van der Waals surface area contributed by atoms with E-state index in [0.717, 1.165) is 32.0 Å². The number of nitrogens with one attached hydrogen (secondary N) is 1. The van der Waals surface area contributed by atoms with Crippen molar-refractivity contribution >= 4 is 5.82 Å². The Morgan fingerprint density at radius 2 is 2.14 bits per heavy atom. The average molecular weight is 301 g/mol. The molecule has 21 heavy (non-hydrogen) atoms. The molecule has 3 nitrogen and oxygen atoms in total. The lowest BCUT2D eigenvalue weighted by molar-refractivity contribution is -0.141. The molecular formula is C15H22F3N3. The topological polar surface area (TPSA) is 28.2 Å². The third-order valence-corrected chi connectivity index (χ3v) is 3.66. The fraction of sp³-hybridized carbons (Fsp3) is 0.667. The zero-order valence-corrected chi connectivity index (χ0v) is 12.5. The monoisotopic (exact) mass is 301 g/mol. The largest absolute Gasteiger partial charge is 0.433 e. The van der Waals surface area contributed by atoms with Gasteiger partial charge in [0, 0.05) is 19.1 Å². The molecule has 0 amide bonds. The summed E-state index contributed by atoms with van der Waals surface area (Å²) in [6, 6.07) is 4.34. The summed E-state index contributed by atoms with van der Waals surface area (Å²) in [5, 5.41) is 3.05. The van der Waals surface area contributed by atoms with Crippen molar-refractivity contribution in [3.63, 3.8) is 0 Å². The van der Waals surface area contributed by atoms with Gasteiger partial charge < -0.3 is 5.32 Å². The minimum Gasteiger partial charge on any atom is -0.368 e. The number of nitrogens with zero attached hydrogens (tertiary/aromatic N) is 2. The normalized spacial score (nSPS) is 20.2. The summed E-state index contributed by atoms with van der Waals surface area (Å²) in [5.74, 6) is 0.888. The number of hydrogen-bond acceptors (Lipinski definition) is 3. The highest BCUT2D eigenvalue weighted by atomic mass is 19.4. The van der Waals surface area contributed by atoms with Crippen LogP contribution in [0.3, 0.4) is 0 Å². The molecule has 1 aliphatic heterocycles. The molecular weight excluding hydrogens is 279 g/mol. The second kappa shape index (κ2) is 6.64. The van der Waals surface area contributed by atoms with Crippen LogP contribution >= 0.6 is 0 Å². The van der Waals surface area contributed by atoms with E-state index in [1.165, 1.54) is 6.07 Å². The molecule has 0 spiro atoms. The van der Waals surface area contributed by atoms with Crippen LogP contribution in [-0.4, -0.2) is 35.6 Å². The molecule has 0 bridgehead atoms. The fourth-order valence-corrected chi connectivity index (χ4v) is 2.75. The van der Waals surface area contributed by atoms with Crippen LogP contribution < -0.4 is 5.32 Å². The van der Waals surface area contributed by atoms with Gasteiger partial charge in [-0.25, -0.2) is 4.98 Å². The van der Waals surface area contributed by atoms with Gasteiger partial charge in [0.15, 0.2) is 0 Å². The first-order chi connectivity index (χ1) is 9.86. The molecule has 0 aliphatic carbocycles. The van der Waals surface area contributed by atoms with Crippen LogP contribution in [0.15, 0.2) is 18.2 Å². The van der Waals surface area contributed by atoms with Gasteiger partial charge in [-0.2, -0.15) is 13.2 Å². The van der Waals surface area contributed by atoms with Gasteiger partial charge >= 0.3 is 6.18 Å². The molecule has 6 heteroatoms. The van der Waals surface area contributed by atoms with E-state index >= 15 is 0 Å². The summed E-state index contributed by atoms with van der Waals surface area (Å²) in [4.78, 5) is 6.04. The Kier molecular flexibility index (Phi) is 5.08. The SMILES string of the molecule is CC(C)CN1CCCC1CNc1cccc(C(F)(F)F)n1. The molecule has 1 fully saturated rings. The highest BCUT2D eigenvalue weighted by molar-refractivity contribution is 5.36. The lowest BCUT2D eigenvalue weighted by Crippen LogP contribution is -2.37. The number of halogens is 3. The number of alkyl halides is 3. The standard InChI is InChI=1S/C15H22F3N3/c1-11(2)10-21-8-4-5-12(21)9-19-14-7-3-6-13(20-14)15(16,17)18/h3,6-7,11-12H,4-5,8-10H2,1-2H3,(H,19,20). The molecule has 2 heterocycles. The van der Waals surface area contributed by atoms with E-state index in [1.807, 2.05) is 0 Å². The Bertz CT molecular complexity index is 460. The van der Waals surface area contributed by atoms with Crippen LogP contribution in [0.1, 0.15) is 32.4 Å². The van der Waals surface area contributed by atoms with Crippen molar-refractivity contribution in [2.45, 2.75) is 38.9 Å². The lowest BCUT2D eigenvalue weighted by Gasteiger charge is -2.26. The van der Waals surface area contributed by atoms with Gasteiger partial charge in [0.05, 0.1) is 0 Å². The summed E-state index contributed by atoms with van der Waals surface area (Å²) < 4.78 is 37.8. The molecule has 0 radical (unpaired) electrons. The van der Waals surface area contributed by atoms with Gasteiger partial charge in [0.25, 0.3) is 0 Å². The lowest BCUT2D eigenvalue weighted by atomic mass is 10.1. The molecule has 0 aromatic carbocycles. The fourth-order valence-electron chi connectivity index (χ4n) is 2.75. The van der Waals surface area contributed by atoms with E-state index in [4.69, 9.17) is 0 Å². The average Bonchev–Trinajstić information content (AvgIpc) is 2.82. The van der Waals surface area contributed by atoms with E-state index in [0.29, 0.717) is 24.3 Å². The number of aromatic nitrogens is 1. The van der Waals surface area contributed by atoms with Gasteiger partial charge in [-0.1, -0.05) is 19.9 Å². The van der Waals surface area contributed by atoms with Gasteiger partial charge in [0.2, 0.25) is 0 Å². The van der Waals surface area contributed by atoms with E-state index < -0.39 is 11.9 Å². The van der Waals surface area contributed by atoms with Crippen molar-refractivity contribution in [1.29, 1.82) is 0 Å². The number of hydrogen-bond donors (Lipinski definition) is 1. The molecule has 1 aromatic rings. The number of likely N-dealkylation sites (tertiary alicyclic amines) is 1. The molecule has 1 aromatic heterocycles. The zero-order chi connectivity index (χ0) is 15.5. The molecule has 2 rings (SSSR count). The van der Waals surface area contributed by atoms with Crippen molar-refractivity contribution in [1.82, 2.24) is 9.88 Å². The van der Waals surface area contributed by atoms with Crippen LogP contribution in [-0.2, 0) is 6.18 Å². The quantitative estimate of drug-likeness (QED) is 0.900. The first kappa shape index (κ1) is 16.1. The third-order valence-electron chi connectivity index (χ3n) is 3.66. The van der Waals surface area contributed by atoms with Gasteiger partial charge in [-0.05, 0) is 37.4 Å². The number of pyridine rings is 1. The molecule has 118 valence electrons. The maximum Gasteiger partial charge on any atom is 0.433 e. The predicted molar refractivity (Wildman–Crippen MR) is 77.2 cm³/mol. The highest BCUT2D eigenvalue weighted by Crippen LogP contribution is 2.28. The molecule has 1 aliphatic rings. The van der Waals surface area contributed by atoms with E-state index in [-0.39, 0.29) is 0 Å². The Labute approximate surface area is 123 Å². The zero-order valence-electron chi connectivity index (χ0n) is 12.5. The summed E-state index contributed by atoms with van der Waals surface area (Å²) in [7, 11) is 0. The summed E-state index contributed by atoms with van der Waals surface area (Å²) in [6.07, 6.45) is -2.16. The van der Waals surface area contributed by atoms with Gasteiger partial charge in [-0.15, -0.1) is 0 Å². The molecule has 1 unspecified atom stereocenters. The Balaban J connectivity index is 1.93. The van der Waals surface area contributed by atoms with Crippen LogP contribution in [0.4, 0.5) is 19.0 Å². The maximum absolute atomic E-state index is 12.6. The summed E-state index contributed by atoms with van der Waals surface area (Å²) in [5.41, 5.74) is -0.849. The predicted octanol–water partition coefficient (Wildman–Crippen LogP) is 3.63. The van der Waals surface area contributed by atoms with Crippen molar-refractivity contribution in [2.24, 2.45) is 5.92 Å². The summed E-state index contributed by atoms with van der Waals surface area (Å²) in [6.45, 7) is 7.10. The Hall–Kier alpha value is -1.30. The Morgan fingerprint density at radius 1 is 1.38 bits per heavy atom. The van der Waals surface area contributed by atoms with Crippen LogP contribution in [0, 0.1) is 5.92 Å². The third kappa shape index (κ3) is 4.59. The van der Waals surface area contributed by atoms with Gasteiger partial charge in [0.1, 0.15) is 11.5 Å². The van der Waals surface area contributed by atoms with Gasteiger partial charge in [-0.3, -0.25) is 4.90 Å². The second-order valence-electron chi connectivity index (χ2n) is 5.97. The number of anilines is 1. The van der Waals surface area contributed by atoms with Crippen LogP contribution in [0.5, 0.6) is 0 Å². The summed E-state index contributed by atoms with van der Waals surface area (Å²) >= 11 is 0. The van der Waals surface area contributed by atoms with Crippen LogP contribution in [0.2, 0.25) is 0 Å². The minimum absolute atomic E-state index is 0.293. The smallest absolute Gasteiger partial charge is 0.368 e. The maximum atomic E-state index is 12.6. The van der Waals surface area contributed by atoms with Crippen molar-refractivity contribution in [2.75, 3.05) is 25.0 Å². The van der Waals surface area contributed by atoms with E-state index in [2.05, 4.69) is 29.0 Å². The molecule has 1 N–H and O–H groups in total. The minimum atomic E-state index is -4.39. The molecule has 1 saturated heterocycles. The first-order valence-electron chi connectivity index (χ1n) is 7.38. The molecule has 1 atom stereocenters.